The molecule has 0 unspecified atom stereocenters. The number of furan rings is 1. The monoisotopic (exact) mass is 357 g/mol. The lowest BCUT2D eigenvalue weighted by atomic mass is 10.1. The van der Waals surface area contributed by atoms with E-state index in [-0.39, 0.29) is 11.8 Å². The van der Waals surface area contributed by atoms with Crippen LogP contribution in [0.25, 0.3) is 10.2 Å². The van der Waals surface area contributed by atoms with E-state index in [0.29, 0.717) is 30.9 Å². The number of rotatable bonds is 7. The van der Waals surface area contributed by atoms with Crippen molar-refractivity contribution in [2.24, 2.45) is 0 Å². The molecule has 6 nitrogen and oxygen atoms in total. The number of fused-ring (bicyclic) bond motifs is 1. The van der Waals surface area contributed by atoms with Gasteiger partial charge in [0, 0.05) is 12.8 Å². The lowest BCUT2D eigenvalue weighted by Gasteiger charge is -2.03. The fourth-order valence-corrected chi connectivity index (χ4v) is 3.28. The zero-order valence-corrected chi connectivity index (χ0v) is 14.7. The molecular weight excluding hydrogens is 338 g/mol. The number of nitrogens with one attached hydrogen (secondary N) is 2. The number of amides is 2. The van der Waals surface area contributed by atoms with Crippen molar-refractivity contribution in [3.63, 3.8) is 0 Å². The fourth-order valence-electron chi connectivity index (χ4n) is 2.33. The van der Waals surface area contributed by atoms with Gasteiger partial charge in [0.15, 0.2) is 5.13 Å². The van der Waals surface area contributed by atoms with E-state index in [9.17, 15) is 9.59 Å². The van der Waals surface area contributed by atoms with Crippen LogP contribution in [0.3, 0.4) is 0 Å². The van der Waals surface area contributed by atoms with Crippen LogP contribution in [0.15, 0.2) is 41.0 Å². The van der Waals surface area contributed by atoms with Gasteiger partial charge in [-0.05, 0) is 36.2 Å². The van der Waals surface area contributed by atoms with Crippen LogP contribution >= 0.6 is 11.3 Å². The maximum absolute atomic E-state index is 11.9. The lowest BCUT2D eigenvalue weighted by Crippen LogP contribution is -2.22. The Balaban J connectivity index is 1.56. The summed E-state index contributed by atoms with van der Waals surface area (Å²) in [5, 5.41) is 6.22. The molecule has 3 rings (SSSR count). The minimum absolute atomic E-state index is 0.0169. The summed E-state index contributed by atoms with van der Waals surface area (Å²) in [6.45, 7) is 2.21. The molecule has 0 bridgehead atoms. The first kappa shape index (κ1) is 17.2. The molecule has 0 spiro atoms. The van der Waals surface area contributed by atoms with E-state index in [4.69, 9.17) is 4.42 Å². The molecule has 0 aliphatic rings. The summed E-state index contributed by atoms with van der Waals surface area (Å²) < 4.78 is 6.18. The number of aryl methyl sites for hydroxylation is 1. The van der Waals surface area contributed by atoms with Crippen molar-refractivity contribution in [3.05, 3.63) is 47.9 Å². The first-order valence-corrected chi connectivity index (χ1v) is 8.94. The third-order valence-corrected chi connectivity index (χ3v) is 4.63. The molecule has 1 aromatic carbocycles. The summed E-state index contributed by atoms with van der Waals surface area (Å²) in [6, 6.07) is 9.53. The van der Waals surface area contributed by atoms with Crippen molar-refractivity contribution < 1.29 is 14.0 Å². The first-order valence-electron chi connectivity index (χ1n) is 8.12. The zero-order chi connectivity index (χ0) is 17.6. The normalized spacial score (nSPS) is 10.8. The van der Waals surface area contributed by atoms with Crippen molar-refractivity contribution in [1.29, 1.82) is 0 Å². The van der Waals surface area contributed by atoms with E-state index in [1.165, 1.54) is 11.3 Å². The van der Waals surface area contributed by atoms with Gasteiger partial charge in [0.25, 0.3) is 0 Å². The molecule has 2 heterocycles. The van der Waals surface area contributed by atoms with Crippen LogP contribution in [-0.4, -0.2) is 16.8 Å². The van der Waals surface area contributed by atoms with Gasteiger partial charge >= 0.3 is 0 Å². The van der Waals surface area contributed by atoms with Crippen LogP contribution < -0.4 is 10.6 Å². The largest absolute Gasteiger partial charge is 0.467 e. The molecule has 0 fully saturated rings. The Labute approximate surface area is 149 Å². The van der Waals surface area contributed by atoms with E-state index in [1.54, 1.807) is 19.3 Å². The van der Waals surface area contributed by atoms with Crippen molar-refractivity contribution in [1.82, 2.24) is 10.3 Å². The van der Waals surface area contributed by atoms with E-state index >= 15 is 0 Å². The molecule has 2 aromatic heterocycles. The molecule has 0 aliphatic carbocycles. The quantitative estimate of drug-likeness (QED) is 0.678. The highest BCUT2D eigenvalue weighted by atomic mass is 32.1. The summed E-state index contributed by atoms with van der Waals surface area (Å²) >= 11 is 1.44. The number of hydrogen-bond acceptors (Lipinski definition) is 5. The highest BCUT2D eigenvalue weighted by molar-refractivity contribution is 7.22. The van der Waals surface area contributed by atoms with E-state index in [0.717, 1.165) is 21.5 Å². The standard InChI is InChI=1S/C18H19N3O3S/c1-2-16(22)21-18-20-14-7-5-12(10-15(14)25-18)6-8-17(23)19-11-13-4-3-9-24-13/h3-5,7,9-10H,2,6,8,11H2,1H3,(H,19,23)(H,20,21,22). The van der Waals surface area contributed by atoms with Crippen LogP contribution in [0.4, 0.5) is 5.13 Å². The molecule has 0 saturated carbocycles. The Bertz CT molecular complexity index is 871. The lowest BCUT2D eigenvalue weighted by molar-refractivity contribution is -0.121. The number of carbonyl (C=O) groups excluding carboxylic acids is 2. The fraction of sp³-hybridized carbons (Fsp3) is 0.278. The SMILES string of the molecule is CCC(=O)Nc1nc2ccc(CCC(=O)NCc3ccco3)cc2s1. The molecule has 2 amide bonds. The Morgan fingerprint density at radius 1 is 1.24 bits per heavy atom. The van der Waals surface area contributed by atoms with Crippen molar-refractivity contribution in [2.75, 3.05) is 5.32 Å². The zero-order valence-electron chi connectivity index (χ0n) is 13.9. The molecule has 130 valence electrons. The summed E-state index contributed by atoms with van der Waals surface area (Å²) in [5.74, 6) is 0.672. The van der Waals surface area contributed by atoms with E-state index < -0.39 is 0 Å². The minimum atomic E-state index is -0.0486. The third-order valence-electron chi connectivity index (χ3n) is 3.70. The average Bonchev–Trinajstić information content (AvgIpc) is 3.26. The molecular formula is C18H19N3O3S. The highest BCUT2D eigenvalue weighted by Gasteiger charge is 2.08. The van der Waals surface area contributed by atoms with Crippen molar-refractivity contribution >= 4 is 38.5 Å². The number of benzene rings is 1. The number of carbonyl (C=O) groups is 2. The summed E-state index contributed by atoms with van der Waals surface area (Å²) in [5.41, 5.74) is 1.92. The van der Waals surface area contributed by atoms with Crippen LogP contribution in [0.1, 0.15) is 31.1 Å². The minimum Gasteiger partial charge on any atom is -0.467 e. The number of nitrogens with zero attached hydrogens (tertiary/aromatic N) is 1. The van der Waals surface area contributed by atoms with Gasteiger partial charge in [-0.1, -0.05) is 24.3 Å². The second kappa shape index (κ2) is 7.94. The Kier molecular flexibility index (Phi) is 5.45. The molecule has 0 aliphatic heterocycles. The number of thiazole rings is 1. The summed E-state index contributed by atoms with van der Waals surface area (Å²) in [4.78, 5) is 27.8. The van der Waals surface area contributed by atoms with Gasteiger partial charge in [0.2, 0.25) is 11.8 Å². The van der Waals surface area contributed by atoms with Crippen LogP contribution in [0.5, 0.6) is 0 Å². The molecule has 0 saturated heterocycles. The van der Waals surface area contributed by atoms with Crippen LogP contribution in [0.2, 0.25) is 0 Å². The smallest absolute Gasteiger partial charge is 0.225 e. The molecule has 2 N–H and O–H groups in total. The Morgan fingerprint density at radius 3 is 2.88 bits per heavy atom. The highest BCUT2D eigenvalue weighted by Crippen LogP contribution is 2.27. The van der Waals surface area contributed by atoms with Gasteiger partial charge in [0.05, 0.1) is 23.0 Å². The molecule has 7 heteroatoms. The maximum Gasteiger partial charge on any atom is 0.225 e. The number of hydrogen-bond donors (Lipinski definition) is 2. The maximum atomic E-state index is 11.9. The van der Waals surface area contributed by atoms with Crippen molar-refractivity contribution in [2.45, 2.75) is 32.7 Å². The average molecular weight is 357 g/mol. The topological polar surface area (TPSA) is 84.2 Å². The second-order valence-corrected chi connectivity index (χ2v) is 6.61. The Morgan fingerprint density at radius 2 is 2.12 bits per heavy atom. The van der Waals surface area contributed by atoms with Gasteiger partial charge in [-0.15, -0.1) is 0 Å². The summed E-state index contributed by atoms with van der Waals surface area (Å²) in [7, 11) is 0. The van der Waals surface area contributed by atoms with Crippen molar-refractivity contribution in [3.8, 4) is 0 Å². The first-order chi connectivity index (χ1) is 12.1. The van der Waals surface area contributed by atoms with E-state index in [2.05, 4.69) is 15.6 Å². The van der Waals surface area contributed by atoms with Gasteiger partial charge in [-0.3, -0.25) is 9.59 Å². The van der Waals surface area contributed by atoms with Gasteiger partial charge < -0.3 is 15.1 Å². The molecule has 0 radical (unpaired) electrons. The van der Waals surface area contributed by atoms with Gasteiger partial charge in [-0.25, -0.2) is 4.98 Å². The predicted molar refractivity (Wildman–Crippen MR) is 97.4 cm³/mol. The second-order valence-electron chi connectivity index (χ2n) is 5.58. The van der Waals surface area contributed by atoms with Crippen LogP contribution in [-0.2, 0) is 22.6 Å². The summed E-state index contributed by atoms with van der Waals surface area (Å²) in [6.07, 6.45) is 3.07. The molecule has 3 aromatic rings. The van der Waals surface area contributed by atoms with E-state index in [1.807, 2.05) is 24.3 Å². The van der Waals surface area contributed by atoms with Crippen LogP contribution in [0, 0.1) is 0 Å². The molecule has 25 heavy (non-hydrogen) atoms. The van der Waals surface area contributed by atoms with Gasteiger partial charge in [-0.2, -0.15) is 0 Å². The number of aromatic nitrogens is 1. The third kappa shape index (κ3) is 4.67. The predicted octanol–water partition coefficient (Wildman–Crippen LogP) is 3.49. The number of anilines is 1. The van der Waals surface area contributed by atoms with Gasteiger partial charge in [0.1, 0.15) is 5.76 Å². The molecule has 0 atom stereocenters. The Hall–Kier alpha value is -2.67.